The minimum absolute atomic E-state index is 0.0686. The van der Waals surface area contributed by atoms with Crippen LogP contribution in [0.3, 0.4) is 0 Å². The lowest BCUT2D eigenvalue weighted by Gasteiger charge is -2.68. The van der Waals surface area contributed by atoms with E-state index >= 15 is 0 Å². The van der Waals surface area contributed by atoms with Crippen LogP contribution in [0, 0.1) is 34.5 Å². The summed E-state index contributed by atoms with van der Waals surface area (Å²) in [5.74, 6) is -6.75. The van der Waals surface area contributed by atoms with E-state index < -0.39 is 82.4 Å². The quantitative estimate of drug-likeness (QED) is 0.387. The second-order valence-electron chi connectivity index (χ2n) is 11.3. The van der Waals surface area contributed by atoms with Crippen LogP contribution in [0.4, 0.5) is 0 Å². The molecular weight excluding hydrogens is 444 g/mol. The average molecular weight is 477 g/mol. The van der Waals surface area contributed by atoms with Gasteiger partial charge in [-0.15, -0.1) is 0 Å². The molecule has 2 aliphatic heterocycles. The second kappa shape index (κ2) is 7.22. The van der Waals surface area contributed by atoms with Gasteiger partial charge in [0.2, 0.25) is 6.10 Å². The molecule has 0 radical (unpaired) electrons. The molecule has 3 N–H and O–H groups in total. The van der Waals surface area contributed by atoms with Gasteiger partial charge in [-0.1, -0.05) is 25.0 Å². The zero-order chi connectivity index (χ0) is 25.0. The SMILES string of the molecule is CC(C)=CC(=O)O[C@H]1C(=O)O[C@@H]2C[C@H]3C(C)=CC(=O)[C@@H](O)[C@]3(C)[C@H]3[C@@]4(O)OC[C@]32[C@@H]1[C@@H](C)[C@H]4O. The highest BCUT2D eigenvalue weighted by Crippen LogP contribution is 2.73. The number of ketones is 1. The Labute approximate surface area is 197 Å². The van der Waals surface area contributed by atoms with Crippen LogP contribution < -0.4 is 0 Å². The minimum Gasteiger partial charge on any atom is -0.459 e. The second-order valence-corrected chi connectivity index (χ2v) is 11.3. The zero-order valence-corrected chi connectivity index (χ0v) is 20.0. The predicted molar refractivity (Wildman–Crippen MR) is 116 cm³/mol. The molecular formula is C25H32O9. The van der Waals surface area contributed by atoms with E-state index in [9.17, 15) is 29.7 Å². The molecule has 1 spiro atoms. The van der Waals surface area contributed by atoms with Crippen LogP contribution >= 0.6 is 0 Å². The maximum absolute atomic E-state index is 13.2. The summed E-state index contributed by atoms with van der Waals surface area (Å²) in [6, 6.07) is 0. The van der Waals surface area contributed by atoms with Gasteiger partial charge in [0.1, 0.15) is 18.3 Å². The van der Waals surface area contributed by atoms with Crippen molar-refractivity contribution in [2.75, 3.05) is 6.61 Å². The number of allylic oxidation sites excluding steroid dienone is 2. The van der Waals surface area contributed by atoms with Gasteiger partial charge >= 0.3 is 11.9 Å². The number of esters is 2. The van der Waals surface area contributed by atoms with Gasteiger partial charge in [0.15, 0.2) is 11.6 Å². The van der Waals surface area contributed by atoms with Gasteiger partial charge in [-0.2, -0.15) is 0 Å². The number of rotatable bonds is 2. The molecule has 9 heteroatoms. The first-order valence-electron chi connectivity index (χ1n) is 11.8. The van der Waals surface area contributed by atoms with Crippen LogP contribution in [0.2, 0.25) is 0 Å². The summed E-state index contributed by atoms with van der Waals surface area (Å²) in [7, 11) is 0. The normalized spacial score (nSPS) is 51.0. The summed E-state index contributed by atoms with van der Waals surface area (Å²) in [6.45, 7) is 8.59. The lowest BCUT2D eigenvalue weighted by molar-refractivity contribution is -0.339. The van der Waals surface area contributed by atoms with E-state index in [4.69, 9.17) is 14.2 Å². The number of hydrogen-bond donors (Lipinski definition) is 3. The molecule has 2 saturated carbocycles. The van der Waals surface area contributed by atoms with Gasteiger partial charge in [0.25, 0.3) is 0 Å². The predicted octanol–water partition coefficient (Wildman–Crippen LogP) is 0.654. The zero-order valence-electron chi connectivity index (χ0n) is 20.0. The number of ether oxygens (including phenoxy) is 3. The number of hydrogen-bond acceptors (Lipinski definition) is 9. The molecule has 2 saturated heterocycles. The third kappa shape index (κ3) is 2.67. The van der Waals surface area contributed by atoms with Crippen molar-refractivity contribution in [3.05, 3.63) is 23.3 Å². The molecule has 5 aliphatic rings. The lowest BCUT2D eigenvalue weighted by Crippen LogP contribution is -2.78. The third-order valence-electron chi connectivity index (χ3n) is 9.28. The van der Waals surface area contributed by atoms with Crippen LogP contribution in [0.1, 0.15) is 41.0 Å². The molecule has 11 atom stereocenters. The van der Waals surface area contributed by atoms with Gasteiger partial charge in [-0.3, -0.25) is 4.79 Å². The Bertz CT molecular complexity index is 1030. The highest BCUT2D eigenvalue weighted by atomic mass is 16.7. The molecule has 5 rings (SSSR count). The number of carbonyl (C=O) groups excluding carboxylic acids is 3. The van der Waals surface area contributed by atoms with Gasteiger partial charge in [-0.05, 0) is 45.1 Å². The summed E-state index contributed by atoms with van der Waals surface area (Å²) in [5, 5.41) is 34.3. The van der Waals surface area contributed by atoms with Crippen molar-refractivity contribution < 1.29 is 43.9 Å². The summed E-state index contributed by atoms with van der Waals surface area (Å²) < 4.78 is 17.4. The number of aliphatic hydroxyl groups is 3. The summed E-state index contributed by atoms with van der Waals surface area (Å²) in [5.41, 5.74) is -0.859. The van der Waals surface area contributed by atoms with E-state index in [1.807, 2.05) is 0 Å². The minimum atomic E-state index is -2.07. The molecule has 4 fully saturated rings. The molecule has 0 unspecified atom stereocenters. The van der Waals surface area contributed by atoms with Gasteiger partial charge in [-0.25, -0.2) is 9.59 Å². The van der Waals surface area contributed by atoms with Crippen LogP contribution in [0.25, 0.3) is 0 Å². The van der Waals surface area contributed by atoms with Crippen molar-refractivity contribution in [1.82, 2.24) is 0 Å². The summed E-state index contributed by atoms with van der Waals surface area (Å²) in [6.07, 6.45) is -1.93. The molecule has 3 aliphatic carbocycles. The first-order chi connectivity index (χ1) is 15.8. The van der Waals surface area contributed by atoms with Gasteiger partial charge in [0.05, 0.1) is 6.61 Å². The molecule has 0 amide bonds. The maximum Gasteiger partial charge on any atom is 0.348 e. The Balaban J connectivity index is 1.70. The number of fused-ring (bicyclic) bond motifs is 1. The van der Waals surface area contributed by atoms with E-state index in [0.717, 1.165) is 0 Å². The van der Waals surface area contributed by atoms with Gasteiger partial charge in [0, 0.05) is 28.7 Å². The molecule has 0 aromatic heterocycles. The van der Waals surface area contributed by atoms with E-state index in [2.05, 4.69) is 0 Å². The Hall–Kier alpha value is -2.07. The fraction of sp³-hybridized carbons (Fsp3) is 0.720. The van der Waals surface area contributed by atoms with Crippen molar-refractivity contribution in [3.63, 3.8) is 0 Å². The van der Waals surface area contributed by atoms with Crippen molar-refractivity contribution >= 4 is 17.7 Å². The first-order valence-corrected chi connectivity index (χ1v) is 11.8. The number of carbonyl (C=O) groups is 3. The van der Waals surface area contributed by atoms with E-state index in [-0.39, 0.29) is 6.61 Å². The van der Waals surface area contributed by atoms with Crippen LogP contribution in [0.5, 0.6) is 0 Å². The summed E-state index contributed by atoms with van der Waals surface area (Å²) >= 11 is 0. The highest BCUT2D eigenvalue weighted by molar-refractivity contribution is 5.96. The molecule has 9 nitrogen and oxygen atoms in total. The van der Waals surface area contributed by atoms with Crippen molar-refractivity contribution in [2.45, 2.75) is 71.2 Å². The lowest BCUT2D eigenvalue weighted by atomic mass is 9.38. The molecule has 0 aromatic carbocycles. The molecule has 2 bridgehead atoms. The smallest absolute Gasteiger partial charge is 0.348 e. The average Bonchev–Trinajstić information content (AvgIpc) is 3.03. The highest BCUT2D eigenvalue weighted by Gasteiger charge is 2.83. The molecule has 2 heterocycles. The topological polar surface area (TPSA) is 140 Å². The molecule has 34 heavy (non-hydrogen) atoms. The fourth-order valence-electron chi connectivity index (χ4n) is 8.13. The van der Waals surface area contributed by atoms with E-state index in [0.29, 0.717) is 17.6 Å². The van der Waals surface area contributed by atoms with Crippen LogP contribution in [-0.4, -0.2) is 69.9 Å². The van der Waals surface area contributed by atoms with E-state index in [1.165, 1.54) is 12.2 Å². The monoisotopic (exact) mass is 476 g/mol. The van der Waals surface area contributed by atoms with Crippen LogP contribution in [0.15, 0.2) is 23.3 Å². The van der Waals surface area contributed by atoms with Crippen molar-refractivity contribution in [2.24, 2.45) is 34.5 Å². The Kier molecular flexibility index (Phi) is 5.03. The maximum atomic E-state index is 13.2. The van der Waals surface area contributed by atoms with Crippen molar-refractivity contribution in [3.8, 4) is 0 Å². The largest absolute Gasteiger partial charge is 0.459 e. The van der Waals surface area contributed by atoms with E-state index in [1.54, 1.807) is 34.6 Å². The third-order valence-corrected chi connectivity index (χ3v) is 9.28. The van der Waals surface area contributed by atoms with Crippen LogP contribution in [-0.2, 0) is 28.6 Å². The van der Waals surface area contributed by atoms with Gasteiger partial charge < -0.3 is 29.5 Å². The Morgan fingerprint density at radius 1 is 1.26 bits per heavy atom. The Morgan fingerprint density at radius 2 is 1.94 bits per heavy atom. The Morgan fingerprint density at radius 3 is 2.59 bits per heavy atom. The number of aliphatic hydroxyl groups excluding tert-OH is 2. The molecule has 0 aromatic rings. The standard InChI is InChI=1S/C25H32O9/c1-10(2)6-16(27)34-18-17-12(4)19(28)25(31)22-23(5)13(11(3)7-14(26)20(23)29)8-15(33-21(18)30)24(17,22)9-32-25/h6-7,12-13,15,17-20,22,28-29,31H,8-9H2,1-5H3/t12-,13+,15-,17-,18-,19-,20-,22-,23-,24+,25+/m1/s1. The molecule has 186 valence electrons. The van der Waals surface area contributed by atoms with Crippen molar-refractivity contribution in [1.29, 1.82) is 0 Å². The first kappa shape index (κ1) is 23.7. The fourth-order valence-corrected chi connectivity index (χ4v) is 8.13. The summed E-state index contributed by atoms with van der Waals surface area (Å²) in [4.78, 5) is 38.5.